The van der Waals surface area contributed by atoms with E-state index >= 15 is 0 Å². The predicted octanol–water partition coefficient (Wildman–Crippen LogP) is 6.22. The van der Waals surface area contributed by atoms with E-state index in [0.717, 1.165) is 18.9 Å². The Morgan fingerprint density at radius 3 is 2.41 bits per heavy atom. The molecule has 1 unspecified atom stereocenters. The fourth-order valence-corrected chi connectivity index (χ4v) is 5.44. The van der Waals surface area contributed by atoms with E-state index < -0.39 is 0 Å². The Balaban J connectivity index is 1.49. The summed E-state index contributed by atoms with van der Waals surface area (Å²) in [6, 6.07) is 16.3. The smallest absolute Gasteiger partial charge is 0.0404 e. The third-order valence-corrected chi connectivity index (χ3v) is 6.44. The van der Waals surface area contributed by atoms with Gasteiger partial charge in [-0.25, -0.2) is 0 Å². The van der Waals surface area contributed by atoms with Crippen LogP contribution in [0.1, 0.15) is 63.3 Å². The molecule has 144 valence electrons. The van der Waals surface area contributed by atoms with Gasteiger partial charge in [0.15, 0.2) is 0 Å². The van der Waals surface area contributed by atoms with Crippen LogP contribution in [0.3, 0.4) is 0 Å². The van der Waals surface area contributed by atoms with Crippen LogP contribution in [0.2, 0.25) is 0 Å². The largest absolute Gasteiger partial charge is 0.366 e. The van der Waals surface area contributed by atoms with Crippen molar-refractivity contribution in [2.75, 3.05) is 11.4 Å². The van der Waals surface area contributed by atoms with Gasteiger partial charge in [-0.1, -0.05) is 57.2 Å². The highest BCUT2D eigenvalue weighted by Gasteiger charge is 2.32. The minimum Gasteiger partial charge on any atom is -0.366 e. The highest BCUT2D eigenvalue weighted by Crippen LogP contribution is 2.38. The molecule has 0 aromatic heterocycles. The molecular weight excluding hydrogens is 326 g/mol. The van der Waals surface area contributed by atoms with Crippen LogP contribution in [0.25, 0.3) is 0 Å². The molecule has 1 aliphatic carbocycles. The zero-order valence-electron chi connectivity index (χ0n) is 17.8. The molecule has 2 aromatic rings. The highest BCUT2D eigenvalue weighted by atomic mass is 15.2. The number of rotatable bonds is 4. The number of anilines is 1. The Kier molecular flexibility index (Phi) is 4.61. The Hall–Kier alpha value is -1.76. The Bertz CT molecular complexity index is 824. The first-order chi connectivity index (χ1) is 12.7. The Labute approximate surface area is 165 Å². The van der Waals surface area contributed by atoms with Crippen LogP contribution in [-0.4, -0.2) is 12.1 Å². The van der Waals surface area contributed by atoms with Gasteiger partial charge in [-0.05, 0) is 85.6 Å². The standard InChI is InChI=1S/C26H35N/c1-25(2,3)17-20-15-22-11-10-19(14-23(22)16-20)18-26(4,5)27-13-12-21-8-6-7-9-24(21)27/h6-11,14,20H,12-13,15-18H2,1-5H3. The summed E-state index contributed by atoms with van der Waals surface area (Å²) in [6.07, 6.45) is 6.16. The van der Waals surface area contributed by atoms with Gasteiger partial charge < -0.3 is 4.90 Å². The van der Waals surface area contributed by atoms with Crippen molar-refractivity contribution in [3.8, 4) is 0 Å². The molecule has 1 heteroatoms. The summed E-state index contributed by atoms with van der Waals surface area (Å²) in [6.45, 7) is 13.1. The molecular formula is C26H35N. The molecule has 27 heavy (non-hydrogen) atoms. The monoisotopic (exact) mass is 361 g/mol. The summed E-state index contributed by atoms with van der Waals surface area (Å²) in [5.74, 6) is 0.828. The third-order valence-electron chi connectivity index (χ3n) is 6.44. The van der Waals surface area contributed by atoms with Gasteiger partial charge in [0, 0.05) is 17.8 Å². The lowest BCUT2D eigenvalue weighted by Crippen LogP contribution is -2.44. The minimum absolute atomic E-state index is 0.143. The molecule has 1 aliphatic heterocycles. The second kappa shape index (κ2) is 6.69. The maximum atomic E-state index is 2.62. The van der Waals surface area contributed by atoms with Crippen molar-refractivity contribution in [3.05, 3.63) is 64.7 Å². The predicted molar refractivity (Wildman–Crippen MR) is 117 cm³/mol. The van der Waals surface area contributed by atoms with E-state index in [0.29, 0.717) is 5.41 Å². The Morgan fingerprint density at radius 2 is 1.63 bits per heavy atom. The number of nitrogens with zero attached hydrogens (tertiary/aromatic N) is 1. The molecule has 0 radical (unpaired) electrons. The van der Waals surface area contributed by atoms with E-state index in [1.54, 1.807) is 11.1 Å². The van der Waals surface area contributed by atoms with Crippen molar-refractivity contribution in [2.45, 2.75) is 72.3 Å². The lowest BCUT2D eigenvalue weighted by molar-refractivity contribution is 0.300. The van der Waals surface area contributed by atoms with Crippen molar-refractivity contribution < 1.29 is 0 Å². The van der Waals surface area contributed by atoms with Gasteiger partial charge in [0.25, 0.3) is 0 Å². The lowest BCUT2D eigenvalue weighted by atomic mass is 9.83. The number of hydrogen-bond acceptors (Lipinski definition) is 1. The van der Waals surface area contributed by atoms with Gasteiger partial charge in [-0.3, -0.25) is 0 Å². The number of para-hydroxylation sites is 1. The van der Waals surface area contributed by atoms with E-state index in [-0.39, 0.29) is 5.54 Å². The summed E-state index contributed by atoms with van der Waals surface area (Å²) >= 11 is 0. The van der Waals surface area contributed by atoms with Gasteiger partial charge in [0.2, 0.25) is 0 Å². The van der Waals surface area contributed by atoms with E-state index in [1.807, 2.05) is 0 Å². The van der Waals surface area contributed by atoms with Crippen LogP contribution in [-0.2, 0) is 25.7 Å². The molecule has 0 bridgehead atoms. The van der Waals surface area contributed by atoms with Crippen molar-refractivity contribution in [2.24, 2.45) is 11.3 Å². The second-order valence-corrected chi connectivity index (χ2v) is 10.7. The molecule has 1 heterocycles. The van der Waals surface area contributed by atoms with Crippen molar-refractivity contribution >= 4 is 5.69 Å². The van der Waals surface area contributed by atoms with Crippen molar-refractivity contribution in [3.63, 3.8) is 0 Å². The van der Waals surface area contributed by atoms with Crippen molar-refractivity contribution in [1.29, 1.82) is 0 Å². The average Bonchev–Trinajstić information content (AvgIpc) is 3.15. The van der Waals surface area contributed by atoms with Crippen LogP contribution < -0.4 is 4.90 Å². The van der Waals surface area contributed by atoms with E-state index in [9.17, 15) is 0 Å². The number of hydrogen-bond donors (Lipinski definition) is 0. The molecule has 0 amide bonds. The fourth-order valence-electron chi connectivity index (χ4n) is 5.44. The normalized spacial score (nSPS) is 19.3. The van der Waals surface area contributed by atoms with Crippen LogP contribution in [0.15, 0.2) is 42.5 Å². The summed E-state index contributed by atoms with van der Waals surface area (Å²) < 4.78 is 0. The topological polar surface area (TPSA) is 3.24 Å². The SMILES string of the molecule is CC(C)(C)CC1Cc2ccc(CC(C)(C)N3CCc4ccccc43)cc2C1. The minimum atomic E-state index is 0.143. The molecule has 1 atom stereocenters. The quantitative estimate of drug-likeness (QED) is 0.624. The maximum absolute atomic E-state index is 2.62. The number of benzene rings is 2. The van der Waals surface area contributed by atoms with Gasteiger partial charge in [-0.15, -0.1) is 0 Å². The zero-order valence-corrected chi connectivity index (χ0v) is 17.8. The molecule has 2 aromatic carbocycles. The first-order valence-corrected chi connectivity index (χ1v) is 10.7. The van der Waals surface area contributed by atoms with Gasteiger partial charge in [0.1, 0.15) is 0 Å². The molecule has 0 saturated carbocycles. The molecule has 2 aliphatic rings. The fraction of sp³-hybridized carbons (Fsp3) is 0.538. The molecule has 0 spiro atoms. The van der Waals surface area contributed by atoms with E-state index in [2.05, 4.69) is 82.0 Å². The van der Waals surface area contributed by atoms with Gasteiger partial charge >= 0.3 is 0 Å². The van der Waals surface area contributed by atoms with Crippen LogP contribution in [0.4, 0.5) is 5.69 Å². The van der Waals surface area contributed by atoms with E-state index in [1.165, 1.54) is 42.5 Å². The molecule has 1 nitrogen and oxygen atoms in total. The summed E-state index contributed by atoms with van der Waals surface area (Å²) in [5.41, 5.74) is 8.22. The highest BCUT2D eigenvalue weighted by molar-refractivity contribution is 5.60. The first-order valence-electron chi connectivity index (χ1n) is 10.7. The van der Waals surface area contributed by atoms with Crippen LogP contribution in [0.5, 0.6) is 0 Å². The summed E-state index contributed by atoms with van der Waals surface area (Å²) in [4.78, 5) is 2.62. The third kappa shape index (κ3) is 3.93. The molecule has 4 rings (SSSR count). The van der Waals surface area contributed by atoms with Crippen molar-refractivity contribution in [1.82, 2.24) is 0 Å². The summed E-state index contributed by atoms with van der Waals surface area (Å²) in [5, 5.41) is 0. The van der Waals surface area contributed by atoms with Gasteiger partial charge in [-0.2, -0.15) is 0 Å². The Morgan fingerprint density at radius 1 is 0.889 bits per heavy atom. The summed E-state index contributed by atoms with van der Waals surface area (Å²) in [7, 11) is 0. The van der Waals surface area contributed by atoms with E-state index in [4.69, 9.17) is 0 Å². The average molecular weight is 362 g/mol. The zero-order chi connectivity index (χ0) is 19.2. The molecule has 0 saturated heterocycles. The lowest BCUT2D eigenvalue weighted by Gasteiger charge is -2.38. The first kappa shape index (κ1) is 18.6. The molecule has 0 fully saturated rings. The van der Waals surface area contributed by atoms with Crippen LogP contribution >= 0.6 is 0 Å². The molecule has 0 N–H and O–H groups in total. The number of fused-ring (bicyclic) bond motifs is 2. The second-order valence-electron chi connectivity index (χ2n) is 10.7. The van der Waals surface area contributed by atoms with Crippen LogP contribution in [0, 0.1) is 11.3 Å². The maximum Gasteiger partial charge on any atom is 0.0404 e. The van der Waals surface area contributed by atoms with Gasteiger partial charge in [0.05, 0.1) is 0 Å².